The van der Waals surface area contributed by atoms with Crippen LogP contribution in [-0.2, 0) is 24.2 Å². The molecule has 19 heavy (non-hydrogen) atoms. The number of primary amides is 1. The second-order valence-corrected chi connectivity index (χ2v) is 5.57. The van der Waals surface area contributed by atoms with E-state index in [2.05, 4.69) is 29.8 Å². The molecule has 2 N–H and O–H groups in total. The number of hydrogen-bond acceptors (Lipinski definition) is 3. The molecule has 0 spiro atoms. The average molecular weight is 261 g/mol. The molecule has 4 nitrogen and oxygen atoms in total. The first-order valence-electron chi connectivity index (χ1n) is 7.06. The maximum atomic E-state index is 11.2. The van der Waals surface area contributed by atoms with E-state index in [-0.39, 0.29) is 11.9 Å². The standard InChI is InChI=1S/C15H23N3O/c1-11(2)18(10-15(16)19)9-14-13-6-4-3-5-12(13)7-8-17-14/h7-8,11H,3-6,9-10H2,1-2H3,(H2,16,19). The Morgan fingerprint density at radius 2 is 2.16 bits per heavy atom. The number of aryl methyl sites for hydroxylation is 1. The number of nitrogens with zero attached hydrogens (tertiary/aromatic N) is 2. The van der Waals surface area contributed by atoms with Crippen molar-refractivity contribution >= 4 is 5.91 Å². The Morgan fingerprint density at radius 1 is 1.42 bits per heavy atom. The van der Waals surface area contributed by atoms with Gasteiger partial charge in [0, 0.05) is 18.8 Å². The molecule has 1 heterocycles. The maximum Gasteiger partial charge on any atom is 0.231 e. The molecule has 4 heteroatoms. The van der Waals surface area contributed by atoms with E-state index < -0.39 is 0 Å². The van der Waals surface area contributed by atoms with Crippen LogP contribution < -0.4 is 5.73 Å². The van der Waals surface area contributed by atoms with Gasteiger partial charge in [-0.2, -0.15) is 0 Å². The lowest BCUT2D eigenvalue weighted by molar-refractivity contribution is -0.119. The fraction of sp³-hybridized carbons (Fsp3) is 0.600. The van der Waals surface area contributed by atoms with Crippen LogP contribution in [0.3, 0.4) is 0 Å². The summed E-state index contributed by atoms with van der Waals surface area (Å²) in [6.45, 7) is 5.17. The van der Waals surface area contributed by atoms with E-state index in [0.717, 1.165) is 18.5 Å². The van der Waals surface area contributed by atoms with Crippen molar-refractivity contribution in [2.75, 3.05) is 6.54 Å². The van der Waals surface area contributed by atoms with Gasteiger partial charge in [-0.25, -0.2) is 0 Å². The molecule has 0 saturated heterocycles. The minimum atomic E-state index is -0.279. The first kappa shape index (κ1) is 14.0. The zero-order valence-electron chi connectivity index (χ0n) is 11.9. The van der Waals surface area contributed by atoms with Crippen molar-refractivity contribution in [1.82, 2.24) is 9.88 Å². The number of aromatic nitrogens is 1. The number of nitrogens with two attached hydrogens (primary N) is 1. The van der Waals surface area contributed by atoms with E-state index in [1.807, 2.05) is 6.20 Å². The maximum absolute atomic E-state index is 11.2. The van der Waals surface area contributed by atoms with E-state index in [1.54, 1.807) is 0 Å². The minimum absolute atomic E-state index is 0.279. The highest BCUT2D eigenvalue weighted by molar-refractivity contribution is 5.75. The van der Waals surface area contributed by atoms with E-state index in [0.29, 0.717) is 13.1 Å². The molecule has 0 atom stereocenters. The molecule has 1 aromatic rings. The molecule has 0 bridgehead atoms. The van der Waals surface area contributed by atoms with E-state index in [4.69, 9.17) is 5.73 Å². The van der Waals surface area contributed by atoms with Gasteiger partial charge in [0.25, 0.3) is 0 Å². The van der Waals surface area contributed by atoms with Crippen LogP contribution in [0, 0.1) is 0 Å². The number of pyridine rings is 1. The van der Waals surface area contributed by atoms with Crippen LogP contribution in [0.25, 0.3) is 0 Å². The predicted molar refractivity (Wildman–Crippen MR) is 75.6 cm³/mol. The van der Waals surface area contributed by atoms with Crippen molar-refractivity contribution < 1.29 is 4.79 Å². The molecule has 0 fully saturated rings. The molecule has 0 unspecified atom stereocenters. The van der Waals surface area contributed by atoms with Crippen LogP contribution in [0.1, 0.15) is 43.5 Å². The van der Waals surface area contributed by atoms with E-state index in [9.17, 15) is 4.79 Å². The van der Waals surface area contributed by atoms with Gasteiger partial charge in [0.2, 0.25) is 5.91 Å². The molecular weight excluding hydrogens is 238 g/mol. The molecule has 0 radical (unpaired) electrons. The van der Waals surface area contributed by atoms with Gasteiger partial charge in [0.1, 0.15) is 0 Å². The van der Waals surface area contributed by atoms with Crippen molar-refractivity contribution in [2.45, 2.75) is 52.1 Å². The first-order chi connectivity index (χ1) is 9.08. The van der Waals surface area contributed by atoms with Gasteiger partial charge in [0.05, 0.1) is 12.2 Å². The lowest BCUT2D eigenvalue weighted by atomic mass is 9.91. The van der Waals surface area contributed by atoms with Gasteiger partial charge in [-0.15, -0.1) is 0 Å². The summed E-state index contributed by atoms with van der Waals surface area (Å²) in [5.41, 5.74) is 9.26. The third kappa shape index (κ3) is 3.53. The number of hydrogen-bond donors (Lipinski definition) is 1. The number of carbonyl (C=O) groups is 1. The Balaban J connectivity index is 2.19. The molecule has 1 amide bonds. The minimum Gasteiger partial charge on any atom is -0.369 e. The Hall–Kier alpha value is -1.42. The van der Waals surface area contributed by atoms with Crippen LogP contribution >= 0.6 is 0 Å². The van der Waals surface area contributed by atoms with Gasteiger partial charge in [0.15, 0.2) is 0 Å². The third-order valence-electron chi connectivity index (χ3n) is 3.81. The van der Waals surface area contributed by atoms with E-state index >= 15 is 0 Å². The molecule has 1 aromatic heterocycles. The quantitative estimate of drug-likeness (QED) is 0.877. The number of carbonyl (C=O) groups excluding carboxylic acids is 1. The van der Waals surface area contributed by atoms with Crippen LogP contribution in [0.2, 0.25) is 0 Å². The summed E-state index contributed by atoms with van der Waals surface area (Å²) < 4.78 is 0. The third-order valence-corrected chi connectivity index (χ3v) is 3.81. The Kier molecular flexibility index (Phi) is 4.53. The second-order valence-electron chi connectivity index (χ2n) is 5.57. The Bertz CT molecular complexity index is 457. The fourth-order valence-corrected chi connectivity index (χ4v) is 2.69. The van der Waals surface area contributed by atoms with Crippen molar-refractivity contribution in [3.63, 3.8) is 0 Å². The normalized spacial score (nSPS) is 14.7. The van der Waals surface area contributed by atoms with Crippen molar-refractivity contribution in [1.29, 1.82) is 0 Å². The molecule has 2 rings (SSSR count). The summed E-state index contributed by atoms with van der Waals surface area (Å²) in [5, 5.41) is 0. The van der Waals surface area contributed by atoms with Crippen LogP contribution in [0.5, 0.6) is 0 Å². The van der Waals surface area contributed by atoms with Gasteiger partial charge >= 0.3 is 0 Å². The van der Waals surface area contributed by atoms with Crippen LogP contribution in [0.4, 0.5) is 0 Å². The van der Waals surface area contributed by atoms with Crippen molar-refractivity contribution in [2.24, 2.45) is 5.73 Å². The van der Waals surface area contributed by atoms with Crippen molar-refractivity contribution in [3.05, 3.63) is 29.1 Å². The average Bonchev–Trinajstić information content (AvgIpc) is 2.37. The van der Waals surface area contributed by atoms with E-state index in [1.165, 1.54) is 24.0 Å². The monoisotopic (exact) mass is 261 g/mol. The zero-order valence-corrected chi connectivity index (χ0v) is 11.9. The number of amides is 1. The summed E-state index contributed by atoms with van der Waals surface area (Å²) in [7, 11) is 0. The molecule has 0 saturated carbocycles. The summed E-state index contributed by atoms with van der Waals surface area (Å²) in [6, 6.07) is 2.42. The highest BCUT2D eigenvalue weighted by Gasteiger charge is 2.18. The number of fused-ring (bicyclic) bond motifs is 1. The second kappa shape index (κ2) is 6.15. The van der Waals surface area contributed by atoms with Gasteiger partial charge in [-0.05, 0) is 56.7 Å². The zero-order chi connectivity index (χ0) is 13.8. The molecule has 1 aliphatic rings. The molecular formula is C15H23N3O. The first-order valence-corrected chi connectivity index (χ1v) is 7.06. The SMILES string of the molecule is CC(C)N(CC(N)=O)Cc1nccc2c1CCCC2. The lowest BCUT2D eigenvalue weighted by Gasteiger charge is -2.27. The van der Waals surface area contributed by atoms with Crippen molar-refractivity contribution in [3.8, 4) is 0 Å². The smallest absolute Gasteiger partial charge is 0.231 e. The van der Waals surface area contributed by atoms with Gasteiger partial charge in [-0.1, -0.05) is 0 Å². The predicted octanol–water partition coefficient (Wildman–Crippen LogP) is 1.66. The van der Waals surface area contributed by atoms with Crippen LogP contribution in [0.15, 0.2) is 12.3 Å². The largest absolute Gasteiger partial charge is 0.369 e. The molecule has 1 aliphatic carbocycles. The van der Waals surface area contributed by atoms with Crippen LogP contribution in [-0.4, -0.2) is 28.4 Å². The topological polar surface area (TPSA) is 59.2 Å². The lowest BCUT2D eigenvalue weighted by Crippen LogP contribution is -2.38. The fourth-order valence-electron chi connectivity index (χ4n) is 2.69. The molecule has 0 aromatic carbocycles. The highest BCUT2D eigenvalue weighted by atomic mass is 16.1. The van der Waals surface area contributed by atoms with Gasteiger partial charge < -0.3 is 5.73 Å². The summed E-state index contributed by atoms with van der Waals surface area (Å²) in [6.07, 6.45) is 6.67. The highest BCUT2D eigenvalue weighted by Crippen LogP contribution is 2.24. The Labute approximate surface area is 115 Å². The molecule has 0 aliphatic heterocycles. The summed E-state index contributed by atoms with van der Waals surface area (Å²) in [4.78, 5) is 17.8. The number of rotatable bonds is 5. The van der Waals surface area contributed by atoms with Gasteiger partial charge in [-0.3, -0.25) is 14.7 Å². The Morgan fingerprint density at radius 3 is 2.84 bits per heavy atom. The summed E-state index contributed by atoms with van der Waals surface area (Å²) in [5.74, 6) is -0.279. The summed E-state index contributed by atoms with van der Waals surface area (Å²) >= 11 is 0. The molecule has 104 valence electrons.